The molecule has 0 radical (unpaired) electrons. The van der Waals surface area contributed by atoms with E-state index in [1.807, 2.05) is 71.6 Å². The van der Waals surface area contributed by atoms with Crippen LogP contribution < -0.4 is 15.0 Å². The maximum Gasteiger partial charge on any atom is 0.238 e. The van der Waals surface area contributed by atoms with E-state index in [4.69, 9.17) is 4.74 Å². The smallest absolute Gasteiger partial charge is 0.238 e. The number of nitrogens with zero attached hydrogens (tertiary/aromatic N) is 1. The Hall–Kier alpha value is -4.49. The van der Waals surface area contributed by atoms with Gasteiger partial charge in [-0.3, -0.25) is 14.4 Å². The van der Waals surface area contributed by atoms with Gasteiger partial charge in [-0.2, -0.15) is 0 Å². The largest absolute Gasteiger partial charge is 0.496 e. The zero-order valence-corrected chi connectivity index (χ0v) is 23.7. The number of fused-ring (bicyclic) bond motifs is 6. The van der Waals surface area contributed by atoms with Crippen LogP contribution in [0.2, 0.25) is 0 Å². The second-order valence-electron chi connectivity index (χ2n) is 10.5. The van der Waals surface area contributed by atoms with Crippen molar-refractivity contribution in [1.82, 2.24) is 0 Å². The van der Waals surface area contributed by atoms with Gasteiger partial charge in [-0.25, -0.2) is 0 Å². The zero-order valence-electron chi connectivity index (χ0n) is 22.1. The number of nitrogens with one attached hydrogen (secondary N) is 1. The van der Waals surface area contributed by atoms with Crippen molar-refractivity contribution in [3.05, 3.63) is 130 Å². The van der Waals surface area contributed by atoms with Crippen LogP contribution in [0.15, 0.2) is 108 Å². The van der Waals surface area contributed by atoms with Gasteiger partial charge in [0.25, 0.3) is 0 Å². The highest BCUT2D eigenvalue weighted by Crippen LogP contribution is 2.58. The van der Waals surface area contributed by atoms with Crippen LogP contribution >= 0.6 is 15.9 Å². The van der Waals surface area contributed by atoms with Crippen molar-refractivity contribution in [3.63, 3.8) is 0 Å². The summed E-state index contributed by atoms with van der Waals surface area (Å²) in [6.07, 6.45) is 3.97. The van der Waals surface area contributed by atoms with Crippen LogP contribution in [0.1, 0.15) is 31.8 Å². The molecule has 0 unspecified atom stereocenters. The SMILES string of the molecule is COc1ccc(C(=O)[C@@H]2[C@H](C(=O)c3ccccc3)[C@@]3(C(=O)Nc4ccccc43)[C@@H]3C=Cc4ccccc4N23)cc1Br. The van der Waals surface area contributed by atoms with E-state index >= 15 is 0 Å². The lowest BCUT2D eigenvalue weighted by Crippen LogP contribution is -2.51. The van der Waals surface area contributed by atoms with Crippen LogP contribution in [-0.2, 0) is 10.2 Å². The maximum atomic E-state index is 14.8. The summed E-state index contributed by atoms with van der Waals surface area (Å²) in [5.74, 6) is -1.19. The normalized spacial score (nSPS) is 23.5. The van der Waals surface area contributed by atoms with Gasteiger partial charge in [-0.15, -0.1) is 0 Å². The molecule has 3 aliphatic heterocycles. The van der Waals surface area contributed by atoms with Crippen molar-refractivity contribution in [2.45, 2.75) is 17.5 Å². The number of hydrogen-bond donors (Lipinski definition) is 1. The van der Waals surface area contributed by atoms with Crippen molar-refractivity contribution >= 4 is 50.9 Å². The van der Waals surface area contributed by atoms with Crippen LogP contribution in [0.5, 0.6) is 5.75 Å². The van der Waals surface area contributed by atoms with Crippen LogP contribution in [0, 0.1) is 5.92 Å². The molecule has 4 aromatic rings. The molecule has 1 spiro atoms. The van der Waals surface area contributed by atoms with E-state index in [-0.39, 0.29) is 17.5 Å². The molecule has 0 aromatic heterocycles. The summed E-state index contributed by atoms with van der Waals surface area (Å²) in [6, 6.07) is 27.9. The van der Waals surface area contributed by atoms with E-state index in [9.17, 15) is 14.4 Å². The molecule has 7 heteroatoms. The molecule has 3 aliphatic rings. The first-order chi connectivity index (χ1) is 20.0. The molecule has 1 amide bonds. The molecule has 6 nitrogen and oxygen atoms in total. The number of ketones is 2. The number of halogens is 1. The fourth-order valence-corrected chi connectivity index (χ4v) is 7.43. The second kappa shape index (κ2) is 9.56. The predicted octanol–water partition coefficient (Wildman–Crippen LogP) is 6.31. The van der Waals surface area contributed by atoms with Crippen LogP contribution in [0.3, 0.4) is 0 Å². The fourth-order valence-electron chi connectivity index (χ4n) is 6.89. The average molecular weight is 605 g/mol. The van der Waals surface area contributed by atoms with Crippen molar-refractivity contribution in [3.8, 4) is 5.75 Å². The number of carbonyl (C=O) groups is 3. The Balaban J connectivity index is 1.52. The van der Waals surface area contributed by atoms with Crippen molar-refractivity contribution in [1.29, 1.82) is 0 Å². The third-order valence-corrected chi connectivity index (χ3v) is 9.21. The lowest BCUT2D eigenvalue weighted by atomic mass is 9.64. The highest BCUT2D eigenvalue weighted by Gasteiger charge is 2.70. The van der Waals surface area contributed by atoms with Crippen LogP contribution in [0.25, 0.3) is 6.08 Å². The number of methoxy groups -OCH3 is 1. The topological polar surface area (TPSA) is 75.7 Å². The van der Waals surface area contributed by atoms with E-state index in [0.717, 1.165) is 16.8 Å². The first-order valence-electron chi connectivity index (χ1n) is 13.4. The zero-order chi connectivity index (χ0) is 28.3. The van der Waals surface area contributed by atoms with Gasteiger partial charge in [0, 0.05) is 22.5 Å². The maximum absolute atomic E-state index is 14.8. The Morgan fingerprint density at radius 2 is 1.61 bits per heavy atom. The average Bonchev–Trinajstić information content (AvgIpc) is 3.49. The van der Waals surface area contributed by atoms with Gasteiger partial charge >= 0.3 is 0 Å². The number of para-hydroxylation sites is 2. The standard InChI is InChI=1S/C34H25BrN2O4/c1-41-27-17-15-22(19-24(27)35)32(39)30-29(31(38)21-10-3-2-4-11-21)34(23-12-6-7-13-25(23)36-33(34)40)28-18-16-20-9-5-8-14-26(20)37(28)30/h2-19,28-30H,1H3,(H,36,40)/t28-,29+,30-,34-/m0/s1. The molecule has 1 saturated heterocycles. The first-order valence-corrected chi connectivity index (χ1v) is 14.2. The van der Waals surface area contributed by atoms with E-state index in [1.165, 1.54) is 0 Å². The fraction of sp³-hybridized carbons (Fsp3) is 0.147. The number of carbonyl (C=O) groups excluding carboxylic acids is 3. The monoisotopic (exact) mass is 604 g/mol. The van der Waals surface area contributed by atoms with E-state index < -0.39 is 23.4 Å². The number of hydrogen-bond acceptors (Lipinski definition) is 5. The number of amides is 1. The summed E-state index contributed by atoms with van der Waals surface area (Å²) in [4.78, 5) is 45.8. The van der Waals surface area contributed by atoms with Crippen LogP contribution in [-0.4, -0.2) is 36.7 Å². The highest BCUT2D eigenvalue weighted by atomic mass is 79.9. The molecular weight excluding hydrogens is 580 g/mol. The first kappa shape index (κ1) is 25.5. The second-order valence-corrected chi connectivity index (χ2v) is 11.4. The van der Waals surface area contributed by atoms with E-state index in [0.29, 0.717) is 27.0 Å². The number of rotatable bonds is 5. The number of anilines is 2. The molecule has 202 valence electrons. The Kier molecular flexibility index (Phi) is 5.94. The summed E-state index contributed by atoms with van der Waals surface area (Å²) in [5, 5.41) is 3.06. The van der Waals surface area contributed by atoms with Gasteiger partial charge < -0.3 is 15.0 Å². The minimum Gasteiger partial charge on any atom is -0.496 e. The van der Waals surface area contributed by atoms with Crippen molar-refractivity contribution in [2.24, 2.45) is 5.92 Å². The molecular formula is C34H25BrN2O4. The molecule has 1 N–H and O–H groups in total. The molecule has 0 bridgehead atoms. The van der Waals surface area contributed by atoms with Gasteiger partial charge in [0.05, 0.1) is 23.5 Å². The Morgan fingerprint density at radius 3 is 2.39 bits per heavy atom. The quantitative estimate of drug-likeness (QED) is 0.270. The van der Waals surface area contributed by atoms with Gasteiger partial charge in [0.2, 0.25) is 5.91 Å². The number of Topliss-reactive ketones (excluding diaryl/α,β-unsaturated/α-hetero) is 2. The molecule has 7 rings (SSSR count). The Labute approximate surface area is 245 Å². The van der Waals surface area contributed by atoms with E-state index in [1.54, 1.807) is 49.6 Å². The lowest BCUT2D eigenvalue weighted by Gasteiger charge is -2.37. The highest BCUT2D eigenvalue weighted by molar-refractivity contribution is 9.10. The molecule has 1 fully saturated rings. The Bertz CT molecular complexity index is 1770. The van der Waals surface area contributed by atoms with Gasteiger partial charge in [0.1, 0.15) is 17.2 Å². The lowest BCUT2D eigenvalue weighted by molar-refractivity contribution is -0.121. The summed E-state index contributed by atoms with van der Waals surface area (Å²) >= 11 is 3.52. The molecule has 4 atom stereocenters. The van der Waals surface area contributed by atoms with Crippen LogP contribution in [0.4, 0.5) is 11.4 Å². The van der Waals surface area contributed by atoms with Gasteiger partial charge in [-0.1, -0.05) is 78.9 Å². The third kappa shape index (κ3) is 3.58. The summed E-state index contributed by atoms with van der Waals surface area (Å²) < 4.78 is 6.03. The Morgan fingerprint density at radius 1 is 0.878 bits per heavy atom. The number of ether oxygens (including phenoxy) is 1. The minimum atomic E-state index is -1.34. The summed E-state index contributed by atoms with van der Waals surface area (Å²) in [6.45, 7) is 0. The molecule has 4 aromatic carbocycles. The molecule has 3 heterocycles. The summed E-state index contributed by atoms with van der Waals surface area (Å²) in [5.41, 5.74) is 2.67. The summed E-state index contributed by atoms with van der Waals surface area (Å²) in [7, 11) is 1.56. The molecule has 0 saturated carbocycles. The van der Waals surface area contributed by atoms with Crippen molar-refractivity contribution in [2.75, 3.05) is 17.3 Å². The van der Waals surface area contributed by atoms with Gasteiger partial charge in [0.15, 0.2) is 11.6 Å². The van der Waals surface area contributed by atoms with Gasteiger partial charge in [-0.05, 0) is 57.4 Å². The predicted molar refractivity (Wildman–Crippen MR) is 162 cm³/mol. The van der Waals surface area contributed by atoms with E-state index in [2.05, 4.69) is 21.2 Å². The molecule has 41 heavy (non-hydrogen) atoms. The molecule has 0 aliphatic carbocycles. The third-order valence-electron chi connectivity index (χ3n) is 8.59. The van der Waals surface area contributed by atoms with Crippen molar-refractivity contribution < 1.29 is 19.1 Å². The minimum absolute atomic E-state index is 0.244. The number of benzene rings is 4.